The zero-order valence-corrected chi connectivity index (χ0v) is 9.62. The molecule has 2 unspecified atom stereocenters. The molecule has 1 amide bonds. The van der Waals surface area contributed by atoms with Gasteiger partial charge in [0.1, 0.15) is 0 Å². The molecule has 17 heavy (non-hydrogen) atoms. The Morgan fingerprint density at radius 1 is 1.12 bits per heavy atom. The number of anilines is 1. The fourth-order valence-electron chi connectivity index (χ4n) is 3.08. The number of carboxylic acid groups (broad SMARTS) is 1. The third-order valence-electron chi connectivity index (χ3n) is 3.81. The molecule has 0 radical (unpaired) electrons. The third kappa shape index (κ3) is 1.73. The van der Waals surface area contributed by atoms with Crippen molar-refractivity contribution in [3.05, 3.63) is 30.3 Å². The van der Waals surface area contributed by atoms with E-state index in [1.54, 1.807) is 4.90 Å². The van der Waals surface area contributed by atoms with Gasteiger partial charge in [-0.25, -0.2) is 4.79 Å². The lowest BCUT2D eigenvalue weighted by Crippen LogP contribution is -2.55. The lowest BCUT2D eigenvalue weighted by Gasteiger charge is -2.41. The normalized spacial score (nSPS) is 27.3. The van der Waals surface area contributed by atoms with Crippen molar-refractivity contribution < 1.29 is 9.90 Å². The molecule has 4 nitrogen and oxygen atoms in total. The highest BCUT2D eigenvalue weighted by atomic mass is 16.4. The molecule has 1 N–H and O–H groups in total. The number of likely N-dealkylation sites (tertiary alicyclic amines) is 1. The minimum absolute atomic E-state index is 0.354. The van der Waals surface area contributed by atoms with E-state index in [9.17, 15) is 4.79 Å². The minimum atomic E-state index is -0.783. The number of nitrogens with zero attached hydrogens (tertiary/aromatic N) is 2. The topological polar surface area (TPSA) is 43.8 Å². The Morgan fingerprint density at radius 2 is 1.71 bits per heavy atom. The van der Waals surface area contributed by atoms with Crippen LogP contribution in [0.4, 0.5) is 10.5 Å². The number of fused-ring (bicyclic) bond motifs is 2. The van der Waals surface area contributed by atoms with E-state index < -0.39 is 6.09 Å². The van der Waals surface area contributed by atoms with E-state index in [1.807, 2.05) is 18.2 Å². The van der Waals surface area contributed by atoms with Gasteiger partial charge in [-0.15, -0.1) is 0 Å². The summed E-state index contributed by atoms with van der Waals surface area (Å²) in [6.07, 6.45) is 1.42. The molecule has 4 heteroatoms. The maximum Gasteiger partial charge on any atom is 0.407 e. The fourth-order valence-corrected chi connectivity index (χ4v) is 3.08. The molecule has 0 spiro atoms. The lowest BCUT2D eigenvalue weighted by molar-refractivity contribution is 0.133. The van der Waals surface area contributed by atoms with Crippen LogP contribution in [0.5, 0.6) is 0 Å². The summed E-state index contributed by atoms with van der Waals surface area (Å²) in [4.78, 5) is 15.0. The number of hydrogen-bond acceptors (Lipinski definition) is 2. The van der Waals surface area contributed by atoms with Crippen molar-refractivity contribution in [1.82, 2.24) is 4.90 Å². The first-order valence-electron chi connectivity index (χ1n) is 6.07. The van der Waals surface area contributed by atoms with Gasteiger partial charge in [-0.05, 0) is 25.0 Å². The van der Waals surface area contributed by atoms with Crippen molar-refractivity contribution in [1.29, 1.82) is 0 Å². The van der Waals surface area contributed by atoms with E-state index in [0.717, 1.165) is 12.8 Å². The molecule has 1 aromatic rings. The molecule has 90 valence electrons. The van der Waals surface area contributed by atoms with E-state index >= 15 is 0 Å². The molecule has 2 aliphatic heterocycles. The van der Waals surface area contributed by atoms with Crippen molar-refractivity contribution in [3.63, 3.8) is 0 Å². The van der Waals surface area contributed by atoms with E-state index in [0.29, 0.717) is 25.2 Å². The molecular weight excluding hydrogens is 216 g/mol. The first-order chi connectivity index (χ1) is 8.25. The molecule has 2 fully saturated rings. The van der Waals surface area contributed by atoms with Gasteiger partial charge in [0.05, 0.1) is 0 Å². The van der Waals surface area contributed by atoms with Gasteiger partial charge in [0.25, 0.3) is 0 Å². The molecular formula is C13H16N2O2. The van der Waals surface area contributed by atoms with Gasteiger partial charge in [0.15, 0.2) is 0 Å². The number of rotatable bonds is 1. The largest absolute Gasteiger partial charge is 0.465 e. The predicted octanol–water partition coefficient (Wildman–Crippen LogP) is 2.02. The molecule has 3 rings (SSSR count). The SMILES string of the molecule is O=C(O)N1CC2CCC(C1)N2c1ccccc1. The number of hydrogen-bond donors (Lipinski definition) is 1. The van der Waals surface area contributed by atoms with Crippen LogP contribution in [0.15, 0.2) is 30.3 Å². The Bertz CT molecular complexity index is 407. The number of para-hydroxylation sites is 1. The molecule has 2 aliphatic rings. The molecule has 0 aliphatic carbocycles. The van der Waals surface area contributed by atoms with Crippen molar-refractivity contribution in [2.45, 2.75) is 24.9 Å². The fraction of sp³-hybridized carbons (Fsp3) is 0.462. The van der Waals surface area contributed by atoms with Crippen LogP contribution in [0.2, 0.25) is 0 Å². The first kappa shape index (κ1) is 10.4. The Morgan fingerprint density at radius 3 is 2.24 bits per heavy atom. The average molecular weight is 232 g/mol. The van der Waals surface area contributed by atoms with E-state index in [-0.39, 0.29) is 0 Å². The predicted molar refractivity (Wildman–Crippen MR) is 65.3 cm³/mol. The number of amides is 1. The Balaban J connectivity index is 1.84. The van der Waals surface area contributed by atoms with Crippen LogP contribution in [0, 0.1) is 0 Å². The van der Waals surface area contributed by atoms with Crippen molar-refractivity contribution in [2.24, 2.45) is 0 Å². The Labute approximate surface area is 100 Å². The second-order valence-electron chi connectivity index (χ2n) is 4.82. The highest BCUT2D eigenvalue weighted by Gasteiger charge is 2.41. The van der Waals surface area contributed by atoms with Gasteiger partial charge in [-0.2, -0.15) is 0 Å². The molecule has 2 heterocycles. The second kappa shape index (κ2) is 3.95. The van der Waals surface area contributed by atoms with Crippen LogP contribution in [0.25, 0.3) is 0 Å². The zero-order valence-electron chi connectivity index (χ0n) is 9.62. The standard InChI is InChI=1S/C13H16N2O2/c16-13(17)14-8-11-6-7-12(9-14)15(11)10-4-2-1-3-5-10/h1-5,11-12H,6-9H2,(H,16,17). The minimum Gasteiger partial charge on any atom is -0.465 e. The van der Waals surface area contributed by atoms with Crippen molar-refractivity contribution in [2.75, 3.05) is 18.0 Å². The highest BCUT2D eigenvalue weighted by molar-refractivity contribution is 5.66. The van der Waals surface area contributed by atoms with Gasteiger partial charge >= 0.3 is 6.09 Å². The molecule has 0 saturated carbocycles. The first-order valence-corrected chi connectivity index (χ1v) is 6.07. The molecule has 0 aromatic heterocycles. The van der Waals surface area contributed by atoms with Crippen LogP contribution in [-0.4, -0.2) is 41.3 Å². The summed E-state index contributed by atoms with van der Waals surface area (Å²) in [5, 5.41) is 9.07. The van der Waals surface area contributed by atoms with Crippen LogP contribution < -0.4 is 4.90 Å². The van der Waals surface area contributed by atoms with Gasteiger partial charge in [-0.3, -0.25) is 0 Å². The van der Waals surface area contributed by atoms with Gasteiger partial charge in [-0.1, -0.05) is 18.2 Å². The average Bonchev–Trinajstić information content (AvgIpc) is 2.60. The summed E-state index contributed by atoms with van der Waals surface area (Å²) >= 11 is 0. The summed E-state index contributed by atoms with van der Waals surface area (Å²) in [7, 11) is 0. The van der Waals surface area contributed by atoms with Crippen LogP contribution in [0.3, 0.4) is 0 Å². The Hall–Kier alpha value is -1.71. The molecule has 2 atom stereocenters. The smallest absolute Gasteiger partial charge is 0.407 e. The number of benzene rings is 1. The summed E-state index contributed by atoms with van der Waals surface area (Å²) in [5.74, 6) is 0. The van der Waals surface area contributed by atoms with Crippen LogP contribution >= 0.6 is 0 Å². The number of piperazine rings is 1. The Kier molecular flexibility index (Phi) is 2.42. The second-order valence-corrected chi connectivity index (χ2v) is 4.82. The summed E-state index contributed by atoms with van der Waals surface area (Å²) in [5.41, 5.74) is 1.23. The monoisotopic (exact) mass is 232 g/mol. The van der Waals surface area contributed by atoms with Gasteiger partial charge in [0, 0.05) is 30.9 Å². The summed E-state index contributed by atoms with van der Waals surface area (Å²) < 4.78 is 0. The lowest BCUT2D eigenvalue weighted by atomic mass is 10.1. The maximum absolute atomic E-state index is 11.0. The van der Waals surface area contributed by atoms with Gasteiger partial charge < -0.3 is 14.9 Å². The van der Waals surface area contributed by atoms with Crippen molar-refractivity contribution >= 4 is 11.8 Å². The quantitative estimate of drug-likeness (QED) is 0.805. The maximum atomic E-state index is 11.0. The third-order valence-corrected chi connectivity index (χ3v) is 3.81. The number of carbonyl (C=O) groups is 1. The zero-order chi connectivity index (χ0) is 11.8. The summed E-state index contributed by atoms with van der Waals surface area (Å²) in [6.45, 7) is 1.28. The van der Waals surface area contributed by atoms with Crippen molar-refractivity contribution in [3.8, 4) is 0 Å². The molecule has 2 saturated heterocycles. The van der Waals surface area contributed by atoms with E-state index in [4.69, 9.17) is 5.11 Å². The van der Waals surface area contributed by atoms with Crippen LogP contribution in [-0.2, 0) is 0 Å². The van der Waals surface area contributed by atoms with Gasteiger partial charge in [0.2, 0.25) is 0 Å². The highest BCUT2D eigenvalue weighted by Crippen LogP contribution is 2.34. The van der Waals surface area contributed by atoms with Crippen LogP contribution in [0.1, 0.15) is 12.8 Å². The van der Waals surface area contributed by atoms with E-state index in [2.05, 4.69) is 17.0 Å². The molecule has 1 aromatic carbocycles. The summed E-state index contributed by atoms with van der Waals surface area (Å²) in [6, 6.07) is 11.0. The van der Waals surface area contributed by atoms with E-state index in [1.165, 1.54) is 5.69 Å². The molecule has 2 bridgehead atoms.